The Morgan fingerprint density at radius 1 is 1.80 bits per heavy atom. The van der Waals surface area contributed by atoms with Crippen LogP contribution in [0.15, 0.2) is 6.20 Å². The first-order chi connectivity index (χ1) is 4.74. The van der Waals surface area contributed by atoms with Gasteiger partial charge in [-0.15, -0.1) is 0 Å². The zero-order chi connectivity index (χ0) is 7.56. The van der Waals surface area contributed by atoms with Crippen LogP contribution in [0.3, 0.4) is 0 Å². The lowest BCUT2D eigenvalue weighted by Gasteiger charge is -1.92. The lowest BCUT2D eigenvalue weighted by atomic mass is 10.6. The summed E-state index contributed by atoms with van der Waals surface area (Å²) in [5, 5.41) is 12.6. The minimum atomic E-state index is 0.0391. The van der Waals surface area contributed by atoms with E-state index in [1.165, 1.54) is 4.68 Å². The van der Waals surface area contributed by atoms with Crippen LogP contribution >= 0.6 is 11.6 Å². The number of nitrogens with zero attached hydrogens (tertiary/aromatic N) is 2. The number of anilines is 1. The van der Waals surface area contributed by atoms with E-state index in [0.717, 1.165) is 0 Å². The molecular formula is C5H8ClN3O. The van der Waals surface area contributed by atoms with Crippen LogP contribution < -0.4 is 5.73 Å². The zero-order valence-electron chi connectivity index (χ0n) is 5.29. The van der Waals surface area contributed by atoms with Crippen molar-refractivity contribution >= 4 is 17.3 Å². The molecule has 4 nitrogen and oxygen atoms in total. The summed E-state index contributed by atoms with van der Waals surface area (Å²) in [6, 6.07) is 0. The van der Waals surface area contributed by atoms with Gasteiger partial charge in [0.05, 0.1) is 18.8 Å². The normalized spacial score (nSPS) is 10.2. The zero-order valence-corrected chi connectivity index (χ0v) is 6.04. The fourth-order valence-corrected chi connectivity index (χ4v) is 0.776. The molecule has 3 N–H and O–H groups in total. The van der Waals surface area contributed by atoms with Crippen molar-refractivity contribution in [1.29, 1.82) is 0 Å². The van der Waals surface area contributed by atoms with Crippen LogP contribution in [0.5, 0.6) is 0 Å². The van der Waals surface area contributed by atoms with E-state index in [9.17, 15) is 0 Å². The molecule has 0 spiro atoms. The highest BCUT2D eigenvalue weighted by Crippen LogP contribution is 2.13. The van der Waals surface area contributed by atoms with Gasteiger partial charge in [0.2, 0.25) is 0 Å². The van der Waals surface area contributed by atoms with E-state index < -0.39 is 0 Å². The molecule has 0 atom stereocenters. The average molecular weight is 162 g/mol. The van der Waals surface area contributed by atoms with E-state index in [-0.39, 0.29) is 11.8 Å². The second-order valence-electron chi connectivity index (χ2n) is 1.86. The van der Waals surface area contributed by atoms with Gasteiger partial charge in [-0.05, 0) is 0 Å². The molecule has 1 aromatic rings. The first-order valence-electron chi connectivity index (χ1n) is 2.83. The molecule has 0 amide bonds. The number of nitrogen functional groups attached to an aromatic ring is 1. The van der Waals surface area contributed by atoms with Crippen molar-refractivity contribution < 1.29 is 5.11 Å². The van der Waals surface area contributed by atoms with E-state index >= 15 is 0 Å². The van der Waals surface area contributed by atoms with E-state index in [4.69, 9.17) is 22.4 Å². The summed E-state index contributed by atoms with van der Waals surface area (Å²) in [5.74, 6) is 0. The summed E-state index contributed by atoms with van der Waals surface area (Å²) in [6.07, 6.45) is 1.58. The Morgan fingerprint density at radius 3 is 2.90 bits per heavy atom. The van der Waals surface area contributed by atoms with Crippen molar-refractivity contribution in [3.8, 4) is 0 Å². The van der Waals surface area contributed by atoms with Crippen molar-refractivity contribution in [1.82, 2.24) is 9.78 Å². The van der Waals surface area contributed by atoms with E-state index in [0.29, 0.717) is 12.2 Å². The van der Waals surface area contributed by atoms with Gasteiger partial charge in [-0.25, -0.2) is 0 Å². The highest BCUT2D eigenvalue weighted by molar-refractivity contribution is 6.31. The van der Waals surface area contributed by atoms with E-state index in [1.54, 1.807) is 6.20 Å². The lowest BCUT2D eigenvalue weighted by molar-refractivity contribution is 0.269. The van der Waals surface area contributed by atoms with E-state index in [2.05, 4.69) is 5.10 Å². The lowest BCUT2D eigenvalue weighted by Crippen LogP contribution is -2.01. The molecule has 0 aliphatic carbocycles. The third kappa shape index (κ3) is 1.40. The fraction of sp³-hybridized carbons (Fsp3) is 0.400. The van der Waals surface area contributed by atoms with Crippen LogP contribution in [0.2, 0.25) is 5.15 Å². The topological polar surface area (TPSA) is 64.1 Å². The highest BCUT2D eigenvalue weighted by Gasteiger charge is 2.00. The number of hydrogen-bond donors (Lipinski definition) is 2. The van der Waals surface area contributed by atoms with Crippen molar-refractivity contribution in [2.45, 2.75) is 6.54 Å². The third-order valence-corrected chi connectivity index (χ3v) is 1.37. The average Bonchev–Trinajstić information content (AvgIpc) is 2.14. The first kappa shape index (κ1) is 7.37. The molecule has 1 heterocycles. The molecule has 0 bridgehead atoms. The molecule has 0 fully saturated rings. The summed E-state index contributed by atoms with van der Waals surface area (Å²) in [5.41, 5.74) is 5.81. The second-order valence-corrected chi connectivity index (χ2v) is 2.22. The SMILES string of the molecule is Nc1cn(CCO)nc1Cl. The predicted octanol–water partition coefficient (Wildman–Crippen LogP) is 0.111. The Balaban J connectivity index is 2.77. The molecule has 0 radical (unpaired) electrons. The van der Waals surface area contributed by atoms with Crippen LogP contribution in [-0.4, -0.2) is 21.5 Å². The first-order valence-corrected chi connectivity index (χ1v) is 3.21. The molecule has 0 aliphatic rings. The summed E-state index contributed by atoms with van der Waals surface area (Å²) in [4.78, 5) is 0. The minimum absolute atomic E-state index is 0.0391. The van der Waals surface area contributed by atoms with Gasteiger partial charge in [0.25, 0.3) is 0 Å². The molecule has 0 unspecified atom stereocenters. The van der Waals surface area contributed by atoms with Crippen LogP contribution in [-0.2, 0) is 6.54 Å². The van der Waals surface area contributed by atoms with Gasteiger partial charge in [0, 0.05) is 6.20 Å². The molecule has 0 aliphatic heterocycles. The number of hydrogen-bond acceptors (Lipinski definition) is 3. The molecule has 0 aromatic carbocycles. The van der Waals surface area contributed by atoms with Crippen molar-refractivity contribution in [3.05, 3.63) is 11.3 Å². The molecule has 5 heteroatoms. The maximum absolute atomic E-state index is 8.48. The van der Waals surface area contributed by atoms with Gasteiger partial charge < -0.3 is 10.8 Å². The van der Waals surface area contributed by atoms with Crippen LogP contribution in [0.1, 0.15) is 0 Å². The quantitative estimate of drug-likeness (QED) is 0.647. The Hall–Kier alpha value is -0.740. The monoisotopic (exact) mass is 161 g/mol. The van der Waals surface area contributed by atoms with Gasteiger partial charge in [0.15, 0.2) is 5.15 Å². The standard InChI is InChI=1S/C5H8ClN3O/c6-5-4(7)3-9(8-5)1-2-10/h3,10H,1-2,7H2. The number of nitrogens with two attached hydrogens (primary N) is 1. The molecular weight excluding hydrogens is 154 g/mol. The Morgan fingerprint density at radius 2 is 2.50 bits per heavy atom. The Kier molecular flexibility index (Phi) is 2.13. The van der Waals surface area contributed by atoms with Gasteiger partial charge in [-0.2, -0.15) is 5.10 Å². The predicted molar refractivity (Wildman–Crippen MR) is 38.7 cm³/mol. The number of aliphatic hydroxyl groups excluding tert-OH is 1. The van der Waals surface area contributed by atoms with Crippen molar-refractivity contribution in [2.75, 3.05) is 12.3 Å². The smallest absolute Gasteiger partial charge is 0.173 e. The maximum atomic E-state index is 8.48. The summed E-state index contributed by atoms with van der Waals surface area (Å²) < 4.78 is 1.50. The fourth-order valence-electron chi connectivity index (χ4n) is 0.630. The number of halogens is 1. The Labute approximate surface area is 63.2 Å². The van der Waals surface area contributed by atoms with Gasteiger partial charge in [0.1, 0.15) is 0 Å². The molecule has 1 rings (SSSR count). The third-order valence-electron chi connectivity index (χ3n) is 1.07. The van der Waals surface area contributed by atoms with Gasteiger partial charge in [-0.3, -0.25) is 4.68 Å². The molecule has 1 aromatic heterocycles. The highest BCUT2D eigenvalue weighted by atomic mass is 35.5. The number of aromatic nitrogens is 2. The van der Waals surface area contributed by atoms with Crippen LogP contribution in [0.25, 0.3) is 0 Å². The second kappa shape index (κ2) is 2.90. The maximum Gasteiger partial charge on any atom is 0.173 e. The largest absolute Gasteiger partial charge is 0.395 e. The summed E-state index contributed by atoms with van der Waals surface area (Å²) in [6.45, 7) is 0.467. The molecule has 0 saturated heterocycles. The Bertz CT molecular complexity index is 203. The number of aliphatic hydroxyl groups is 1. The van der Waals surface area contributed by atoms with Crippen molar-refractivity contribution in [3.63, 3.8) is 0 Å². The van der Waals surface area contributed by atoms with Crippen LogP contribution in [0, 0.1) is 0 Å². The summed E-state index contributed by atoms with van der Waals surface area (Å²) in [7, 11) is 0. The van der Waals surface area contributed by atoms with Crippen LogP contribution in [0.4, 0.5) is 5.69 Å². The molecule has 56 valence electrons. The molecule has 10 heavy (non-hydrogen) atoms. The van der Waals surface area contributed by atoms with Gasteiger partial charge >= 0.3 is 0 Å². The van der Waals surface area contributed by atoms with Gasteiger partial charge in [-0.1, -0.05) is 11.6 Å². The van der Waals surface area contributed by atoms with Crippen molar-refractivity contribution in [2.24, 2.45) is 0 Å². The van der Waals surface area contributed by atoms with E-state index in [1.807, 2.05) is 0 Å². The minimum Gasteiger partial charge on any atom is -0.395 e. The number of rotatable bonds is 2. The molecule has 0 saturated carbocycles. The summed E-state index contributed by atoms with van der Waals surface area (Å²) >= 11 is 5.53.